The largest absolute Gasteiger partial charge is 0.573 e. The molecule has 0 spiro atoms. The Hall–Kier alpha value is -3.94. The molecule has 0 fully saturated rings. The average Bonchev–Trinajstić information content (AvgIpc) is 2.74. The Morgan fingerprint density at radius 2 is 1.44 bits per heavy atom. The van der Waals surface area contributed by atoms with Gasteiger partial charge in [-0.25, -0.2) is 0 Å². The number of aromatic amines is 1. The molecule has 8 heteroatoms. The van der Waals surface area contributed by atoms with E-state index in [1.807, 2.05) is 19.1 Å². The van der Waals surface area contributed by atoms with E-state index in [-0.39, 0.29) is 11.2 Å². The molecule has 0 bridgehead atoms. The maximum Gasteiger partial charge on any atom is 0.573 e. The summed E-state index contributed by atoms with van der Waals surface area (Å²) < 4.78 is 51.7. The summed E-state index contributed by atoms with van der Waals surface area (Å²) in [6.45, 7) is 1.82. The highest BCUT2D eigenvalue weighted by Gasteiger charge is 2.31. The summed E-state index contributed by atoms with van der Waals surface area (Å²) in [7, 11) is 1.52. The van der Waals surface area contributed by atoms with Crippen molar-refractivity contribution in [2.24, 2.45) is 0 Å². The zero-order valence-corrected chi connectivity index (χ0v) is 17.1. The molecule has 0 radical (unpaired) electrons. The minimum Gasteiger partial charge on any atom is -0.496 e. The Kier molecular flexibility index (Phi) is 5.52. The van der Waals surface area contributed by atoms with Gasteiger partial charge in [-0.05, 0) is 61.0 Å². The molecule has 0 aliphatic carbocycles. The first-order valence-electron chi connectivity index (χ1n) is 9.59. The number of methoxy groups -OCH3 is 1. The number of H-pyrrole nitrogens is 1. The van der Waals surface area contributed by atoms with Crippen LogP contribution in [0.1, 0.15) is 5.69 Å². The number of pyridine rings is 1. The van der Waals surface area contributed by atoms with Crippen LogP contribution in [0.3, 0.4) is 0 Å². The highest BCUT2D eigenvalue weighted by Crippen LogP contribution is 2.30. The third-order valence-electron chi connectivity index (χ3n) is 4.83. The van der Waals surface area contributed by atoms with Crippen LogP contribution in [0.25, 0.3) is 22.0 Å². The summed E-state index contributed by atoms with van der Waals surface area (Å²) in [4.78, 5) is 16.5. The van der Waals surface area contributed by atoms with Gasteiger partial charge in [0.2, 0.25) is 5.43 Å². The first kappa shape index (κ1) is 21.3. The van der Waals surface area contributed by atoms with Crippen LogP contribution in [0.2, 0.25) is 0 Å². The summed E-state index contributed by atoms with van der Waals surface area (Å²) >= 11 is 0. The maximum atomic E-state index is 13.2. The first-order chi connectivity index (χ1) is 15.2. The number of hydrogen-bond acceptors (Lipinski definition) is 4. The monoisotopic (exact) mass is 441 g/mol. The van der Waals surface area contributed by atoms with Crippen LogP contribution >= 0.6 is 0 Å². The number of benzene rings is 3. The van der Waals surface area contributed by atoms with Crippen LogP contribution in [0, 0.1) is 6.92 Å². The van der Waals surface area contributed by atoms with E-state index in [9.17, 15) is 18.0 Å². The second kappa shape index (κ2) is 8.30. The third-order valence-corrected chi connectivity index (χ3v) is 4.83. The zero-order chi connectivity index (χ0) is 22.9. The van der Waals surface area contributed by atoms with Crippen LogP contribution < -0.4 is 19.6 Å². The molecular formula is C24H18F3NO4. The molecule has 0 atom stereocenters. The van der Waals surface area contributed by atoms with Crippen molar-refractivity contribution < 1.29 is 27.4 Å². The van der Waals surface area contributed by atoms with Gasteiger partial charge in [-0.3, -0.25) is 4.79 Å². The van der Waals surface area contributed by atoms with E-state index in [0.29, 0.717) is 45.0 Å². The van der Waals surface area contributed by atoms with Crippen molar-refractivity contribution in [2.75, 3.05) is 7.11 Å². The van der Waals surface area contributed by atoms with Crippen LogP contribution in [0.4, 0.5) is 13.2 Å². The number of rotatable bonds is 5. The SMILES string of the molecule is COc1cccc2[nH]c(C)c(-c3ccc(Oc4ccc(OC(F)(F)F)cc4)cc3)c(=O)c12. The molecule has 32 heavy (non-hydrogen) atoms. The average molecular weight is 441 g/mol. The van der Waals surface area contributed by atoms with Gasteiger partial charge >= 0.3 is 6.36 Å². The van der Waals surface area contributed by atoms with E-state index in [0.717, 1.165) is 0 Å². The fourth-order valence-electron chi connectivity index (χ4n) is 3.48. The molecule has 4 rings (SSSR count). The molecule has 1 N–H and O–H groups in total. The van der Waals surface area contributed by atoms with Gasteiger partial charge in [-0.2, -0.15) is 0 Å². The van der Waals surface area contributed by atoms with Gasteiger partial charge < -0.3 is 19.2 Å². The van der Waals surface area contributed by atoms with E-state index < -0.39 is 6.36 Å². The van der Waals surface area contributed by atoms with Crippen molar-refractivity contribution >= 4 is 10.9 Å². The fraction of sp³-hybridized carbons (Fsp3) is 0.125. The number of nitrogens with one attached hydrogen (secondary N) is 1. The maximum absolute atomic E-state index is 13.2. The van der Waals surface area contributed by atoms with Gasteiger partial charge in [0.05, 0.1) is 18.0 Å². The van der Waals surface area contributed by atoms with Crippen molar-refractivity contribution in [1.29, 1.82) is 0 Å². The van der Waals surface area contributed by atoms with Crippen molar-refractivity contribution in [3.05, 3.63) is 82.6 Å². The normalized spacial score (nSPS) is 11.4. The number of halogens is 3. The highest BCUT2D eigenvalue weighted by molar-refractivity contribution is 5.89. The lowest BCUT2D eigenvalue weighted by Gasteiger charge is -2.12. The van der Waals surface area contributed by atoms with Crippen molar-refractivity contribution in [3.63, 3.8) is 0 Å². The van der Waals surface area contributed by atoms with Gasteiger partial charge in [-0.1, -0.05) is 18.2 Å². The Morgan fingerprint density at radius 3 is 2.03 bits per heavy atom. The lowest BCUT2D eigenvalue weighted by atomic mass is 10.0. The van der Waals surface area contributed by atoms with Gasteiger partial charge in [0.15, 0.2) is 0 Å². The van der Waals surface area contributed by atoms with E-state index in [2.05, 4.69) is 9.72 Å². The summed E-state index contributed by atoms with van der Waals surface area (Å²) in [6, 6.07) is 17.3. The number of ether oxygens (including phenoxy) is 3. The highest BCUT2D eigenvalue weighted by atomic mass is 19.4. The van der Waals surface area contributed by atoms with Gasteiger partial charge in [0, 0.05) is 11.3 Å². The molecule has 0 amide bonds. The summed E-state index contributed by atoms with van der Waals surface area (Å²) in [5, 5.41) is 0.470. The molecule has 0 unspecified atom stereocenters. The van der Waals surface area contributed by atoms with Crippen LogP contribution in [-0.4, -0.2) is 18.5 Å². The van der Waals surface area contributed by atoms with Crippen LogP contribution in [0.5, 0.6) is 23.0 Å². The molecule has 0 saturated carbocycles. The number of fused-ring (bicyclic) bond motifs is 1. The third kappa shape index (κ3) is 4.39. The summed E-state index contributed by atoms with van der Waals surface area (Å²) in [6.07, 6.45) is -4.75. The topological polar surface area (TPSA) is 60.6 Å². The van der Waals surface area contributed by atoms with Crippen molar-refractivity contribution in [2.45, 2.75) is 13.3 Å². The number of alkyl halides is 3. The molecule has 5 nitrogen and oxygen atoms in total. The van der Waals surface area contributed by atoms with Crippen LogP contribution in [0.15, 0.2) is 71.5 Å². The van der Waals surface area contributed by atoms with Crippen LogP contribution in [-0.2, 0) is 0 Å². The lowest BCUT2D eigenvalue weighted by molar-refractivity contribution is -0.274. The number of aromatic nitrogens is 1. The van der Waals surface area contributed by atoms with Gasteiger partial charge in [0.25, 0.3) is 0 Å². The zero-order valence-electron chi connectivity index (χ0n) is 17.1. The van der Waals surface area contributed by atoms with E-state index in [4.69, 9.17) is 9.47 Å². The Bertz CT molecular complexity index is 1310. The van der Waals surface area contributed by atoms with Gasteiger partial charge in [-0.15, -0.1) is 13.2 Å². The molecule has 0 saturated heterocycles. The Labute approximate surface area is 181 Å². The quantitative estimate of drug-likeness (QED) is 0.400. The summed E-state index contributed by atoms with van der Waals surface area (Å²) in [5.74, 6) is 0.965. The van der Waals surface area contributed by atoms with E-state index >= 15 is 0 Å². The standard InChI is InChI=1S/C24H18F3NO4/c1-14-21(23(29)22-19(28-14)4-3-5-20(22)30-2)15-6-8-16(9-7-15)31-17-10-12-18(13-11-17)32-24(25,26)27/h3-13H,1-2H3,(H,28,29). The molecule has 3 aromatic carbocycles. The second-order valence-corrected chi connectivity index (χ2v) is 6.98. The predicted octanol–water partition coefficient (Wildman–Crippen LogP) is 6.20. The summed E-state index contributed by atoms with van der Waals surface area (Å²) in [5.41, 5.74) is 2.46. The smallest absolute Gasteiger partial charge is 0.496 e. The Morgan fingerprint density at radius 1 is 0.844 bits per heavy atom. The first-order valence-corrected chi connectivity index (χ1v) is 9.59. The molecule has 4 aromatic rings. The Balaban J connectivity index is 1.61. The molecule has 1 aromatic heterocycles. The van der Waals surface area contributed by atoms with Crippen molar-refractivity contribution in [3.8, 4) is 34.1 Å². The molecule has 1 heterocycles. The van der Waals surface area contributed by atoms with Gasteiger partial charge in [0.1, 0.15) is 23.0 Å². The van der Waals surface area contributed by atoms with E-state index in [1.54, 1.807) is 30.3 Å². The minimum atomic E-state index is -4.75. The second-order valence-electron chi connectivity index (χ2n) is 6.98. The molecular weight excluding hydrogens is 423 g/mol. The minimum absolute atomic E-state index is 0.150. The molecule has 164 valence electrons. The van der Waals surface area contributed by atoms with Crippen molar-refractivity contribution in [1.82, 2.24) is 4.98 Å². The van der Waals surface area contributed by atoms with E-state index in [1.165, 1.54) is 31.4 Å². The predicted molar refractivity (Wildman–Crippen MR) is 114 cm³/mol. The molecule has 0 aliphatic rings. The fourth-order valence-corrected chi connectivity index (χ4v) is 3.48. The number of aryl methyl sites for hydroxylation is 1. The molecule has 0 aliphatic heterocycles. The lowest BCUT2D eigenvalue weighted by Crippen LogP contribution is -2.16. The number of hydrogen-bond donors (Lipinski definition) is 1.